The number of nitrogens with zero attached hydrogens (tertiary/aromatic N) is 3. The van der Waals surface area contributed by atoms with Gasteiger partial charge >= 0.3 is 0 Å². The Kier molecular flexibility index (Phi) is 6.03. The van der Waals surface area contributed by atoms with Gasteiger partial charge in [0.05, 0.1) is 11.4 Å². The molecule has 0 spiro atoms. The molecule has 144 valence electrons. The zero-order chi connectivity index (χ0) is 19.3. The van der Waals surface area contributed by atoms with Crippen molar-refractivity contribution in [2.75, 3.05) is 18.0 Å². The third-order valence-electron chi connectivity index (χ3n) is 5.38. The van der Waals surface area contributed by atoms with Crippen molar-refractivity contribution in [3.05, 3.63) is 76.4 Å². The van der Waals surface area contributed by atoms with Gasteiger partial charge in [-0.25, -0.2) is 9.97 Å². The van der Waals surface area contributed by atoms with Gasteiger partial charge in [0.25, 0.3) is 0 Å². The van der Waals surface area contributed by atoms with Gasteiger partial charge in [0.15, 0.2) is 0 Å². The molecule has 0 bridgehead atoms. The van der Waals surface area contributed by atoms with E-state index >= 15 is 0 Å². The predicted octanol–water partition coefficient (Wildman–Crippen LogP) is 4.82. The molecule has 5 heteroatoms. The van der Waals surface area contributed by atoms with Crippen molar-refractivity contribution >= 4 is 21.9 Å². The second kappa shape index (κ2) is 8.84. The molecule has 1 saturated heterocycles. The first-order valence-electron chi connectivity index (χ1n) is 9.84. The number of hydrogen-bond acceptors (Lipinski definition) is 4. The van der Waals surface area contributed by atoms with Crippen LogP contribution in [0.3, 0.4) is 0 Å². The molecule has 2 aromatic carbocycles. The number of nitrogens with two attached hydrogens (primary N) is 1. The van der Waals surface area contributed by atoms with E-state index in [9.17, 15) is 0 Å². The van der Waals surface area contributed by atoms with Crippen LogP contribution < -0.4 is 10.6 Å². The number of aromatic nitrogens is 2. The fourth-order valence-electron chi connectivity index (χ4n) is 3.78. The summed E-state index contributed by atoms with van der Waals surface area (Å²) >= 11 is 3.49. The van der Waals surface area contributed by atoms with Crippen LogP contribution in [0.2, 0.25) is 0 Å². The fourth-order valence-corrected chi connectivity index (χ4v) is 4.05. The molecule has 0 atom stereocenters. The van der Waals surface area contributed by atoms with Gasteiger partial charge < -0.3 is 10.6 Å². The second-order valence-electron chi connectivity index (χ2n) is 7.38. The second-order valence-corrected chi connectivity index (χ2v) is 8.29. The van der Waals surface area contributed by atoms with E-state index in [1.165, 1.54) is 18.4 Å². The zero-order valence-electron chi connectivity index (χ0n) is 15.9. The summed E-state index contributed by atoms with van der Waals surface area (Å²) in [5.41, 5.74) is 10.2. The topological polar surface area (TPSA) is 55.0 Å². The normalized spacial score (nSPS) is 15.0. The van der Waals surface area contributed by atoms with Gasteiger partial charge in [0.2, 0.25) is 5.95 Å². The Balaban J connectivity index is 1.48. The Morgan fingerprint density at radius 3 is 2.36 bits per heavy atom. The van der Waals surface area contributed by atoms with E-state index in [0.717, 1.165) is 52.8 Å². The van der Waals surface area contributed by atoms with Crippen LogP contribution in [0.25, 0.3) is 11.3 Å². The minimum Gasteiger partial charge on any atom is -0.341 e. The first-order chi connectivity index (χ1) is 13.7. The molecule has 1 fully saturated rings. The van der Waals surface area contributed by atoms with Crippen LogP contribution in [0, 0.1) is 5.92 Å². The maximum atomic E-state index is 5.91. The van der Waals surface area contributed by atoms with Crippen molar-refractivity contribution < 1.29 is 0 Å². The molecular formula is C23H25BrN4. The lowest BCUT2D eigenvalue weighted by atomic mass is 9.90. The van der Waals surface area contributed by atoms with Crippen LogP contribution in [0.5, 0.6) is 0 Å². The average Bonchev–Trinajstić information content (AvgIpc) is 2.75. The Labute approximate surface area is 175 Å². The van der Waals surface area contributed by atoms with Crippen LogP contribution in [-0.2, 0) is 13.0 Å². The number of hydrogen-bond donors (Lipinski definition) is 1. The highest BCUT2D eigenvalue weighted by Gasteiger charge is 2.22. The highest BCUT2D eigenvalue weighted by molar-refractivity contribution is 9.10. The molecular weight excluding hydrogens is 412 g/mol. The number of anilines is 1. The van der Waals surface area contributed by atoms with Crippen LogP contribution >= 0.6 is 15.9 Å². The summed E-state index contributed by atoms with van der Waals surface area (Å²) in [6.07, 6.45) is 3.49. The van der Waals surface area contributed by atoms with E-state index in [-0.39, 0.29) is 0 Å². The maximum absolute atomic E-state index is 5.91. The SMILES string of the molecule is NCc1cc(-c2ccc(Br)cc2)nc(N2CCC(Cc3ccccc3)CC2)n1. The summed E-state index contributed by atoms with van der Waals surface area (Å²) in [4.78, 5) is 11.9. The third-order valence-corrected chi connectivity index (χ3v) is 5.91. The van der Waals surface area contributed by atoms with Gasteiger partial charge in [-0.15, -0.1) is 0 Å². The highest BCUT2D eigenvalue weighted by Crippen LogP contribution is 2.27. The molecule has 0 aliphatic carbocycles. The molecule has 0 unspecified atom stereocenters. The zero-order valence-corrected chi connectivity index (χ0v) is 17.5. The first kappa shape index (κ1) is 19.1. The number of piperidine rings is 1. The lowest BCUT2D eigenvalue weighted by Gasteiger charge is -2.32. The molecule has 4 nitrogen and oxygen atoms in total. The fraction of sp³-hybridized carbons (Fsp3) is 0.304. The largest absolute Gasteiger partial charge is 0.341 e. The minimum absolute atomic E-state index is 0.420. The molecule has 1 aromatic heterocycles. The molecule has 3 aromatic rings. The standard InChI is InChI=1S/C23H25BrN4/c24-20-8-6-19(7-9-20)22-15-21(16-25)26-23(27-22)28-12-10-18(11-13-28)14-17-4-2-1-3-5-17/h1-9,15,18H,10-14,16,25H2. The van der Waals surface area contributed by atoms with E-state index in [0.29, 0.717) is 6.54 Å². The summed E-state index contributed by atoms with van der Waals surface area (Å²) in [5, 5.41) is 0. The Bertz CT molecular complexity index is 904. The van der Waals surface area contributed by atoms with Gasteiger partial charge in [-0.1, -0.05) is 58.4 Å². The van der Waals surface area contributed by atoms with Gasteiger partial charge in [-0.3, -0.25) is 0 Å². The van der Waals surface area contributed by atoms with Crippen LogP contribution in [0.15, 0.2) is 65.1 Å². The lowest BCUT2D eigenvalue weighted by Crippen LogP contribution is -2.35. The van der Waals surface area contributed by atoms with Crippen LogP contribution in [0.4, 0.5) is 5.95 Å². The molecule has 2 heterocycles. The molecule has 2 N–H and O–H groups in total. The summed E-state index contributed by atoms with van der Waals surface area (Å²) in [5.74, 6) is 1.53. The van der Waals surface area contributed by atoms with Crippen molar-refractivity contribution in [1.82, 2.24) is 9.97 Å². The maximum Gasteiger partial charge on any atom is 0.226 e. The van der Waals surface area contributed by atoms with Crippen molar-refractivity contribution in [2.24, 2.45) is 11.7 Å². The monoisotopic (exact) mass is 436 g/mol. The number of halogens is 1. The molecule has 1 aliphatic heterocycles. The van der Waals surface area contributed by atoms with E-state index in [4.69, 9.17) is 15.7 Å². The molecule has 0 saturated carbocycles. The van der Waals surface area contributed by atoms with E-state index in [1.807, 2.05) is 18.2 Å². The quantitative estimate of drug-likeness (QED) is 0.622. The molecule has 1 aliphatic rings. The average molecular weight is 437 g/mol. The Morgan fingerprint density at radius 2 is 1.68 bits per heavy atom. The van der Waals surface area contributed by atoms with Crippen molar-refractivity contribution in [1.29, 1.82) is 0 Å². The number of benzene rings is 2. The smallest absolute Gasteiger partial charge is 0.226 e. The lowest BCUT2D eigenvalue weighted by molar-refractivity contribution is 0.400. The minimum atomic E-state index is 0.420. The van der Waals surface area contributed by atoms with E-state index in [2.05, 4.69) is 63.3 Å². The van der Waals surface area contributed by atoms with Crippen molar-refractivity contribution in [3.63, 3.8) is 0 Å². The Morgan fingerprint density at radius 1 is 0.964 bits per heavy atom. The van der Waals surface area contributed by atoms with Crippen molar-refractivity contribution in [3.8, 4) is 11.3 Å². The van der Waals surface area contributed by atoms with Gasteiger partial charge in [0.1, 0.15) is 0 Å². The van der Waals surface area contributed by atoms with Crippen LogP contribution in [-0.4, -0.2) is 23.1 Å². The van der Waals surface area contributed by atoms with Gasteiger partial charge in [-0.2, -0.15) is 0 Å². The van der Waals surface area contributed by atoms with E-state index < -0.39 is 0 Å². The molecule has 0 amide bonds. The first-order valence-corrected chi connectivity index (χ1v) is 10.6. The predicted molar refractivity (Wildman–Crippen MR) is 118 cm³/mol. The van der Waals surface area contributed by atoms with Gasteiger partial charge in [-0.05, 0) is 48.9 Å². The van der Waals surface area contributed by atoms with Crippen molar-refractivity contribution in [2.45, 2.75) is 25.8 Å². The molecule has 0 radical (unpaired) electrons. The Hall–Kier alpha value is -2.24. The molecule has 4 rings (SSSR count). The summed E-state index contributed by atoms with van der Waals surface area (Å²) < 4.78 is 1.06. The highest BCUT2D eigenvalue weighted by atomic mass is 79.9. The van der Waals surface area contributed by atoms with Gasteiger partial charge in [0, 0.05) is 29.7 Å². The molecule has 28 heavy (non-hydrogen) atoms. The number of rotatable bonds is 5. The van der Waals surface area contributed by atoms with E-state index in [1.54, 1.807) is 0 Å². The summed E-state index contributed by atoms with van der Waals surface area (Å²) in [6, 6.07) is 21.0. The summed E-state index contributed by atoms with van der Waals surface area (Å²) in [7, 11) is 0. The van der Waals surface area contributed by atoms with Crippen LogP contribution in [0.1, 0.15) is 24.1 Å². The third kappa shape index (κ3) is 4.59. The summed E-state index contributed by atoms with van der Waals surface area (Å²) in [6.45, 7) is 2.40.